The second-order valence-electron chi connectivity index (χ2n) is 7.21. The Labute approximate surface area is 167 Å². The second kappa shape index (κ2) is 7.83. The molecule has 0 aromatic heterocycles. The number of benzene rings is 3. The van der Waals surface area contributed by atoms with Gasteiger partial charge in [-0.2, -0.15) is 0 Å². The van der Waals surface area contributed by atoms with Crippen LogP contribution in [-0.2, 0) is 4.79 Å². The molecule has 1 heterocycles. The van der Waals surface area contributed by atoms with E-state index in [1.807, 2.05) is 0 Å². The summed E-state index contributed by atoms with van der Waals surface area (Å²) in [7, 11) is 0. The molecule has 138 valence electrons. The van der Waals surface area contributed by atoms with Crippen molar-refractivity contribution in [3.05, 3.63) is 82.3 Å². The van der Waals surface area contributed by atoms with Crippen LogP contribution in [0.1, 0.15) is 30.0 Å². The average Bonchev–Trinajstić information content (AvgIpc) is 2.70. The zero-order chi connectivity index (χ0) is 18.8. The number of likely N-dealkylation sites (tertiary alicyclic amines) is 1. The fourth-order valence-electron chi connectivity index (χ4n) is 4.04. The van der Waals surface area contributed by atoms with Crippen molar-refractivity contribution in [3.8, 4) is 0 Å². The first-order valence-corrected chi connectivity index (χ1v) is 10.1. The lowest BCUT2D eigenvalue weighted by Crippen LogP contribution is -2.39. The van der Waals surface area contributed by atoms with E-state index in [1.54, 1.807) is 0 Å². The largest absolute Gasteiger partial charge is 0.481 e. The predicted molar refractivity (Wildman–Crippen MR) is 112 cm³/mol. The SMILES string of the molecule is O=C(O)C1CCN(C(c2ccc(Br)cc2)c2ccc3ccccc3c2)CC1. The Bertz CT molecular complexity index is 946. The lowest BCUT2D eigenvalue weighted by Gasteiger charge is -2.37. The van der Waals surface area contributed by atoms with Gasteiger partial charge < -0.3 is 5.11 Å². The molecule has 3 nitrogen and oxygen atoms in total. The van der Waals surface area contributed by atoms with E-state index >= 15 is 0 Å². The van der Waals surface area contributed by atoms with Gasteiger partial charge in [0.2, 0.25) is 0 Å². The molecule has 1 N–H and O–H groups in total. The summed E-state index contributed by atoms with van der Waals surface area (Å²) in [5, 5.41) is 11.8. The van der Waals surface area contributed by atoms with E-state index < -0.39 is 5.97 Å². The Kier molecular flexibility index (Phi) is 5.28. The fraction of sp³-hybridized carbons (Fsp3) is 0.261. The number of piperidine rings is 1. The Morgan fingerprint density at radius 2 is 1.56 bits per heavy atom. The molecule has 1 aliphatic rings. The van der Waals surface area contributed by atoms with E-state index in [2.05, 4.69) is 87.6 Å². The van der Waals surface area contributed by atoms with Gasteiger partial charge in [-0.3, -0.25) is 9.69 Å². The van der Waals surface area contributed by atoms with Crippen molar-refractivity contribution in [2.75, 3.05) is 13.1 Å². The minimum absolute atomic E-state index is 0.137. The number of halogens is 1. The molecular weight excluding hydrogens is 402 g/mol. The summed E-state index contributed by atoms with van der Waals surface area (Å²) in [5.74, 6) is -0.885. The van der Waals surface area contributed by atoms with Crippen molar-refractivity contribution in [3.63, 3.8) is 0 Å². The third kappa shape index (κ3) is 3.92. The van der Waals surface area contributed by atoms with Gasteiger partial charge in [0, 0.05) is 4.47 Å². The van der Waals surface area contributed by atoms with Crippen LogP contribution in [0.3, 0.4) is 0 Å². The third-order valence-corrected chi connectivity index (χ3v) is 6.05. The first kappa shape index (κ1) is 18.2. The number of nitrogens with zero attached hydrogens (tertiary/aromatic N) is 1. The minimum atomic E-state index is -0.666. The van der Waals surface area contributed by atoms with Crippen LogP contribution in [0.15, 0.2) is 71.2 Å². The lowest BCUT2D eigenvalue weighted by molar-refractivity contribution is -0.143. The molecule has 1 aliphatic heterocycles. The highest BCUT2D eigenvalue weighted by Gasteiger charge is 2.30. The molecule has 3 aromatic carbocycles. The van der Waals surface area contributed by atoms with E-state index in [-0.39, 0.29) is 12.0 Å². The van der Waals surface area contributed by atoms with Gasteiger partial charge in [0.05, 0.1) is 12.0 Å². The highest BCUT2D eigenvalue weighted by Crippen LogP contribution is 2.34. The topological polar surface area (TPSA) is 40.5 Å². The molecule has 0 aliphatic carbocycles. The number of carboxylic acids is 1. The molecule has 4 heteroatoms. The molecular formula is C23H22BrNO2. The van der Waals surface area contributed by atoms with Gasteiger partial charge in [0.25, 0.3) is 0 Å². The second-order valence-corrected chi connectivity index (χ2v) is 8.12. The fourth-order valence-corrected chi connectivity index (χ4v) is 4.31. The maximum atomic E-state index is 11.3. The molecule has 4 rings (SSSR count). The first-order valence-electron chi connectivity index (χ1n) is 9.33. The van der Waals surface area contributed by atoms with Crippen LogP contribution in [0, 0.1) is 5.92 Å². The van der Waals surface area contributed by atoms with Gasteiger partial charge >= 0.3 is 5.97 Å². The number of hydrogen-bond acceptors (Lipinski definition) is 2. The molecule has 3 aromatic rings. The molecule has 0 amide bonds. The summed E-state index contributed by atoms with van der Waals surface area (Å²) in [6, 6.07) is 23.7. The van der Waals surface area contributed by atoms with E-state index in [0.717, 1.165) is 17.6 Å². The summed E-state index contributed by atoms with van der Waals surface area (Å²) in [6.07, 6.45) is 1.41. The van der Waals surface area contributed by atoms with Crippen LogP contribution in [-0.4, -0.2) is 29.1 Å². The van der Waals surface area contributed by atoms with Gasteiger partial charge in [-0.1, -0.05) is 64.5 Å². The van der Waals surface area contributed by atoms with E-state index in [9.17, 15) is 9.90 Å². The van der Waals surface area contributed by atoms with Crippen LogP contribution in [0.25, 0.3) is 10.8 Å². The van der Waals surface area contributed by atoms with Gasteiger partial charge in [0.1, 0.15) is 0 Å². The minimum Gasteiger partial charge on any atom is -0.481 e. The molecule has 1 unspecified atom stereocenters. The quantitative estimate of drug-likeness (QED) is 0.602. The van der Waals surface area contributed by atoms with Crippen molar-refractivity contribution in [2.24, 2.45) is 5.92 Å². The number of aliphatic carboxylic acids is 1. The molecule has 0 bridgehead atoms. The van der Waals surface area contributed by atoms with Crippen LogP contribution in [0.4, 0.5) is 0 Å². The zero-order valence-corrected chi connectivity index (χ0v) is 16.6. The van der Waals surface area contributed by atoms with Gasteiger partial charge in [0.15, 0.2) is 0 Å². The van der Waals surface area contributed by atoms with Crippen molar-refractivity contribution in [1.82, 2.24) is 4.90 Å². The highest BCUT2D eigenvalue weighted by molar-refractivity contribution is 9.10. The summed E-state index contributed by atoms with van der Waals surface area (Å²) >= 11 is 3.52. The van der Waals surface area contributed by atoms with Crippen molar-refractivity contribution >= 4 is 32.7 Å². The molecule has 1 saturated heterocycles. The zero-order valence-electron chi connectivity index (χ0n) is 15.0. The number of rotatable bonds is 4. The number of hydrogen-bond donors (Lipinski definition) is 1. The standard InChI is InChI=1S/C23H22BrNO2/c24-21-9-7-17(8-10-21)22(25-13-11-18(12-14-25)23(26)27)20-6-5-16-3-1-2-4-19(16)15-20/h1-10,15,18,22H,11-14H2,(H,26,27). The summed E-state index contributed by atoms with van der Waals surface area (Å²) < 4.78 is 1.06. The normalized spacial score (nSPS) is 17.1. The summed E-state index contributed by atoms with van der Waals surface area (Å²) in [4.78, 5) is 13.8. The Hall–Kier alpha value is -2.17. The van der Waals surface area contributed by atoms with Gasteiger partial charge in [-0.15, -0.1) is 0 Å². The molecule has 27 heavy (non-hydrogen) atoms. The van der Waals surface area contributed by atoms with Gasteiger partial charge in [-0.05, 0) is 66.0 Å². The number of carbonyl (C=O) groups is 1. The predicted octanol–water partition coefficient (Wildman–Crippen LogP) is 5.49. The highest BCUT2D eigenvalue weighted by atomic mass is 79.9. The van der Waals surface area contributed by atoms with Crippen molar-refractivity contribution < 1.29 is 9.90 Å². The van der Waals surface area contributed by atoms with Crippen molar-refractivity contribution in [1.29, 1.82) is 0 Å². The van der Waals surface area contributed by atoms with Crippen molar-refractivity contribution in [2.45, 2.75) is 18.9 Å². The van der Waals surface area contributed by atoms with Crippen LogP contribution in [0.5, 0.6) is 0 Å². The molecule has 0 spiro atoms. The molecule has 1 fully saturated rings. The van der Waals surface area contributed by atoms with Crippen LogP contribution >= 0.6 is 15.9 Å². The monoisotopic (exact) mass is 423 g/mol. The molecule has 1 atom stereocenters. The van der Waals surface area contributed by atoms with Crippen LogP contribution in [0.2, 0.25) is 0 Å². The smallest absolute Gasteiger partial charge is 0.306 e. The molecule has 0 radical (unpaired) electrons. The summed E-state index contributed by atoms with van der Waals surface area (Å²) in [5.41, 5.74) is 2.49. The van der Waals surface area contributed by atoms with E-state index in [0.29, 0.717) is 12.8 Å². The van der Waals surface area contributed by atoms with Gasteiger partial charge in [-0.25, -0.2) is 0 Å². The summed E-state index contributed by atoms with van der Waals surface area (Å²) in [6.45, 7) is 1.59. The maximum Gasteiger partial charge on any atom is 0.306 e. The average molecular weight is 424 g/mol. The van der Waals surface area contributed by atoms with E-state index in [1.165, 1.54) is 21.9 Å². The number of carboxylic acid groups (broad SMARTS) is 1. The third-order valence-electron chi connectivity index (χ3n) is 5.52. The Morgan fingerprint density at radius 1 is 0.926 bits per heavy atom. The van der Waals surface area contributed by atoms with E-state index in [4.69, 9.17) is 0 Å². The Morgan fingerprint density at radius 3 is 2.22 bits per heavy atom. The maximum absolute atomic E-state index is 11.3. The molecule has 0 saturated carbocycles. The number of fused-ring (bicyclic) bond motifs is 1. The Balaban J connectivity index is 1.71. The lowest BCUT2D eigenvalue weighted by atomic mass is 9.90. The first-order chi connectivity index (χ1) is 13.1. The van der Waals surface area contributed by atoms with Crippen LogP contribution < -0.4 is 0 Å².